The van der Waals surface area contributed by atoms with Crippen LogP contribution in [0.1, 0.15) is 56.6 Å². The molecule has 1 atom stereocenters. The SMILES string of the molecule is NNC(CCC1CCCCC1)c1cscc1Br. The van der Waals surface area contributed by atoms with Gasteiger partial charge in [-0.25, -0.2) is 0 Å². The molecule has 1 aliphatic carbocycles. The van der Waals surface area contributed by atoms with E-state index in [1.807, 2.05) is 0 Å². The van der Waals surface area contributed by atoms with E-state index in [-0.39, 0.29) is 0 Å². The van der Waals surface area contributed by atoms with E-state index in [0.29, 0.717) is 6.04 Å². The van der Waals surface area contributed by atoms with Crippen LogP contribution in [0.4, 0.5) is 0 Å². The van der Waals surface area contributed by atoms with Gasteiger partial charge < -0.3 is 0 Å². The molecule has 1 fully saturated rings. The quantitative estimate of drug-likeness (QED) is 0.625. The van der Waals surface area contributed by atoms with Crippen LogP contribution in [-0.4, -0.2) is 0 Å². The summed E-state index contributed by atoms with van der Waals surface area (Å²) in [6.45, 7) is 0. The molecule has 17 heavy (non-hydrogen) atoms. The molecule has 3 N–H and O–H groups in total. The minimum Gasteiger partial charge on any atom is -0.271 e. The Balaban J connectivity index is 1.85. The second-order valence-corrected chi connectivity index (χ2v) is 6.57. The number of halogens is 1. The molecule has 1 heterocycles. The summed E-state index contributed by atoms with van der Waals surface area (Å²) in [6, 6.07) is 0.303. The molecule has 1 aromatic heterocycles. The third-order valence-electron chi connectivity index (χ3n) is 3.81. The average molecular weight is 317 g/mol. The molecule has 0 spiro atoms. The molecular formula is C13H21BrN2S. The van der Waals surface area contributed by atoms with E-state index in [0.717, 1.165) is 12.3 Å². The maximum absolute atomic E-state index is 5.68. The van der Waals surface area contributed by atoms with Crippen LogP contribution in [0.2, 0.25) is 0 Å². The molecule has 4 heteroatoms. The van der Waals surface area contributed by atoms with Crippen molar-refractivity contribution in [3.05, 3.63) is 20.8 Å². The fourth-order valence-corrected chi connectivity index (χ4v) is 4.37. The van der Waals surface area contributed by atoms with Crippen molar-refractivity contribution in [2.45, 2.75) is 51.0 Å². The lowest BCUT2D eigenvalue weighted by atomic mass is 9.85. The Kier molecular flexibility index (Phi) is 5.48. The first-order valence-corrected chi connectivity index (χ1v) is 8.22. The lowest BCUT2D eigenvalue weighted by molar-refractivity contribution is 0.315. The molecule has 2 rings (SSSR count). The van der Waals surface area contributed by atoms with Gasteiger partial charge in [0.25, 0.3) is 0 Å². The van der Waals surface area contributed by atoms with Crippen LogP contribution in [0.25, 0.3) is 0 Å². The normalized spacial score (nSPS) is 19.4. The van der Waals surface area contributed by atoms with Crippen LogP contribution in [-0.2, 0) is 0 Å². The number of hydrazine groups is 1. The van der Waals surface area contributed by atoms with Crippen molar-refractivity contribution < 1.29 is 0 Å². The summed E-state index contributed by atoms with van der Waals surface area (Å²) < 4.78 is 1.19. The van der Waals surface area contributed by atoms with E-state index >= 15 is 0 Å². The van der Waals surface area contributed by atoms with Crippen LogP contribution in [0.3, 0.4) is 0 Å². The zero-order valence-corrected chi connectivity index (χ0v) is 12.5. The predicted molar refractivity (Wildman–Crippen MR) is 77.9 cm³/mol. The van der Waals surface area contributed by atoms with E-state index in [1.54, 1.807) is 11.3 Å². The van der Waals surface area contributed by atoms with E-state index < -0.39 is 0 Å². The number of hydrogen-bond acceptors (Lipinski definition) is 3. The molecule has 0 aliphatic heterocycles. The molecule has 0 saturated heterocycles. The summed E-state index contributed by atoms with van der Waals surface area (Å²) in [7, 11) is 0. The maximum atomic E-state index is 5.68. The third kappa shape index (κ3) is 3.78. The first-order chi connectivity index (χ1) is 8.31. The minimum absolute atomic E-state index is 0.303. The standard InChI is InChI=1S/C13H21BrN2S/c14-12-9-17-8-11(12)13(16-15)7-6-10-4-2-1-3-5-10/h8-10,13,16H,1-7,15H2. The minimum atomic E-state index is 0.303. The lowest BCUT2D eigenvalue weighted by Gasteiger charge is -2.24. The van der Waals surface area contributed by atoms with Gasteiger partial charge >= 0.3 is 0 Å². The van der Waals surface area contributed by atoms with Gasteiger partial charge in [-0.1, -0.05) is 32.1 Å². The molecule has 0 bridgehead atoms. The number of hydrogen-bond donors (Lipinski definition) is 2. The third-order valence-corrected chi connectivity index (χ3v) is 5.56. The van der Waals surface area contributed by atoms with Crippen molar-refractivity contribution in [1.82, 2.24) is 5.43 Å². The Labute approximate surface area is 116 Å². The van der Waals surface area contributed by atoms with Crippen molar-refractivity contribution in [2.24, 2.45) is 11.8 Å². The lowest BCUT2D eigenvalue weighted by Crippen LogP contribution is -2.28. The highest BCUT2D eigenvalue weighted by atomic mass is 79.9. The van der Waals surface area contributed by atoms with Gasteiger partial charge in [0.2, 0.25) is 0 Å². The van der Waals surface area contributed by atoms with E-state index in [2.05, 4.69) is 32.1 Å². The topological polar surface area (TPSA) is 38.0 Å². The van der Waals surface area contributed by atoms with Crippen molar-refractivity contribution >= 4 is 27.3 Å². The van der Waals surface area contributed by atoms with Crippen LogP contribution >= 0.6 is 27.3 Å². The summed E-state index contributed by atoms with van der Waals surface area (Å²) >= 11 is 5.32. The Morgan fingerprint density at radius 2 is 2.12 bits per heavy atom. The van der Waals surface area contributed by atoms with Gasteiger partial charge in [-0.2, -0.15) is 11.3 Å². The van der Waals surface area contributed by atoms with Gasteiger partial charge in [0, 0.05) is 15.9 Å². The van der Waals surface area contributed by atoms with Gasteiger partial charge in [-0.05, 0) is 45.6 Å². The van der Waals surface area contributed by atoms with Crippen molar-refractivity contribution in [3.63, 3.8) is 0 Å². The Bertz CT molecular complexity index is 334. The highest BCUT2D eigenvalue weighted by Gasteiger charge is 2.18. The Hall–Kier alpha value is 0.100. The second-order valence-electron chi connectivity index (χ2n) is 4.98. The Morgan fingerprint density at radius 3 is 2.71 bits per heavy atom. The summed E-state index contributed by atoms with van der Waals surface area (Å²) in [5.41, 5.74) is 4.27. The van der Waals surface area contributed by atoms with Crippen molar-refractivity contribution in [3.8, 4) is 0 Å². The number of rotatable bonds is 5. The van der Waals surface area contributed by atoms with Crippen molar-refractivity contribution in [1.29, 1.82) is 0 Å². The molecular weight excluding hydrogens is 296 g/mol. The molecule has 1 aliphatic rings. The monoisotopic (exact) mass is 316 g/mol. The highest BCUT2D eigenvalue weighted by molar-refractivity contribution is 9.10. The van der Waals surface area contributed by atoms with Gasteiger partial charge in [-0.3, -0.25) is 11.3 Å². The van der Waals surface area contributed by atoms with Gasteiger partial charge in [-0.15, -0.1) is 0 Å². The summed E-state index contributed by atoms with van der Waals surface area (Å²) in [6.07, 6.45) is 9.57. The molecule has 96 valence electrons. The molecule has 1 unspecified atom stereocenters. The van der Waals surface area contributed by atoms with Gasteiger partial charge in [0.15, 0.2) is 0 Å². The van der Waals surface area contributed by atoms with Crippen LogP contribution in [0.5, 0.6) is 0 Å². The number of nitrogens with two attached hydrogens (primary N) is 1. The zero-order chi connectivity index (χ0) is 12.1. The van der Waals surface area contributed by atoms with Crippen molar-refractivity contribution in [2.75, 3.05) is 0 Å². The van der Waals surface area contributed by atoms with E-state index in [4.69, 9.17) is 5.84 Å². The summed E-state index contributed by atoms with van der Waals surface area (Å²) in [4.78, 5) is 0. The molecule has 0 radical (unpaired) electrons. The zero-order valence-electron chi connectivity index (χ0n) is 10.1. The van der Waals surface area contributed by atoms with Crippen LogP contribution in [0.15, 0.2) is 15.2 Å². The highest BCUT2D eigenvalue weighted by Crippen LogP contribution is 2.33. The fraction of sp³-hybridized carbons (Fsp3) is 0.692. The van der Waals surface area contributed by atoms with E-state index in [1.165, 1.54) is 48.6 Å². The number of nitrogens with one attached hydrogen (secondary N) is 1. The van der Waals surface area contributed by atoms with E-state index in [9.17, 15) is 0 Å². The van der Waals surface area contributed by atoms with Crippen LogP contribution < -0.4 is 11.3 Å². The first kappa shape index (κ1) is 13.5. The molecule has 0 aromatic carbocycles. The smallest absolute Gasteiger partial charge is 0.0479 e. The predicted octanol–water partition coefficient (Wildman–Crippen LogP) is 4.38. The average Bonchev–Trinajstić information content (AvgIpc) is 2.78. The summed E-state index contributed by atoms with van der Waals surface area (Å²) in [5.74, 6) is 6.61. The molecule has 1 saturated carbocycles. The maximum Gasteiger partial charge on any atom is 0.0479 e. The summed E-state index contributed by atoms with van der Waals surface area (Å²) in [5, 5.41) is 4.32. The van der Waals surface area contributed by atoms with Crippen LogP contribution in [0, 0.1) is 5.92 Å². The Morgan fingerprint density at radius 1 is 1.35 bits per heavy atom. The second kappa shape index (κ2) is 6.88. The molecule has 2 nitrogen and oxygen atoms in total. The molecule has 1 aromatic rings. The molecule has 0 amide bonds. The first-order valence-electron chi connectivity index (χ1n) is 6.49. The van der Waals surface area contributed by atoms with Gasteiger partial charge in [0.05, 0.1) is 0 Å². The van der Waals surface area contributed by atoms with Gasteiger partial charge in [0.1, 0.15) is 0 Å². The fourth-order valence-electron chi connectivity index (χ4n) is 2.75. The number of thiophene rings is 1. The largest absolute Gasteiger partial charge is 0.271 e.